The number of hydrogen-bond donors (Lipinski definition) is 2. The molecule has 2 aliphatic rings. The summed E-state index contributed by atoms with van der Waals surface area (Å²) in [5.74, 6) is 0.243. The van der Waals surface area contributed by atoms with Crippen LogP contribution in [0.3, 0.4) is 0 Å². The maximum Gasteiger partial charge on any atom is 0.138 e. The van der Waals surface area contributed by atoms with Crippen molar-refractivity contribution in [2.75, 3.05) is 32.0 Å². The van der Waals surface area contributed by atoms with Gasteiger partial charge >= 0.3 is 0 Å². The molecule has 0 amide bonds. The molecule has 43 heavy (non-hydrogen) atoms. The van der Waals surface area contributed by atoms with E-state index in [9.17, 15) is 9.50 Å². The molecule has 0 fully saturated rings. The van der Waals surface area contributed by atoms with Gasteiger partial charge in [0.2, 0.25) is 0 Å². The van der Waals surface area contributed by atoms with Crippen LogP contribution in [-0.2, 0) is 26.0 Å². The van der Waals surface area contributed by atoms with Gasteiger partial charge in [-0.15, -0.1) is 11.3 Å². The van der Waals surface area contributed by atoms with Crippen LogP contribution in [0.25, 0.3) is 10.4 Å². The molecule has 0 saturated carbocycles. The number of thiophene rings is 1. The van der Waals surface area contributed by atoms with Crippen LogP contribution in [0.4, 0.5) is 15.1 Å². The Balaban J connectivity index is 1.20. The van der Waals surface area contributed by atoms with Crippen LogP contribution in [0.5, 0.6) is 5.75 Å². The number of fused-ring (bicyclic) bond motifs is 5. The molecule has 0 spiro atoms. The molecule has 0 saturated heterocycles. The lowest BCUT2D eigenvalue weighted by Crippen LogP contribution is -2.34. The first kappa shape index (κ1) is 29.6. The van der Waals surface area contributed by atoms with E-state index in [4.69, 9.17) is 26.4 Å². The number of anilines is 1. The van der Waals surface area contributed by atoms with Crippen LogP contribution >= 0.6 is 22.9 Å². The van der Waals surface area contributed by atoms with Crippen LogP contribution in [-0.4, -0.2) is 63.8 Å². The number of nitrogens with one attached hydrogen (secondary N) is 1. The second-order valence-electron chi connectivity index (χ2n) is 11.0. The van der Waals surface area contributed by atoms with Gasteiger partial charge in [-0.1, -0.05) is 37.6 Å². The lowest BCUT2D eigenvalue weighted by atomic mass is 9.92. The molecule has 11 heteroatoms. The summed E-state index contributed by atoms with van der Waals surface area (Å²) in [6.45, 7) is 7.38. The molecular weight excluding hydrogens is 587 g/mol. The SMILES string of the molecule is CCN(CC)C[C@@H](O)Cn1cc2c(n1)CCc1c-2sc2c1C(Nc1ccc(OCc3cccc(F)c3)c(Cl)c1)N(C)C=N2. The minimum absolute atomic E-state index is 0.130. The Morgan fingerprint density at radius 2 is 2.05 bits per heavy atom. The Hall–Kier alpha value is -3.44. The Bertz CT molecular complexity index is 1630. The fraction of sp³-hybridized carbons (Fsp3) is 0.375. The number of benzene rings is 2. The molecule has 2 aromatic heterocycles. The highest BCUT2D eigenvalue weighted by molar-refractivity contribution is 7.19. The summed E-state index contributed by atoms with van der Waals surface area (Å²) in [5, 5.41) is 20.7. The lowest BCUT2D eigenvalue weighted by Gasteiger charge is -2.32. The number of hydrogen-bond acceptors (Lipinski definition) is 8. The summed E-state index contributed by atoms with van der Waals surface area (Å²) in [6.07, 6.45) is 5.05. The van der Waals surface area contributed by atoms with Crippen molar-refractivity contribution in [2.24, 2.45) is 4.99 Å². The zero-order chi connectivity index (χ0) is 30.1. The summed E-state index contributed by atoms with van der Waals surface area (Å²) < 4.78 is 21.3. The van der Waals surface area contributed by atoms with Gasteiger partial charge in [-0.05, 0) is 67.4 Å². The number of aliphatic hydroxyl groups excluding tert-OH is 1. The zero-order valence-electron chi connectivity index (χ0n) is 24.6. The van der Waals surface area contributed by atoms with Gasteiger partial charge in [-0.3, -0.25) is 4.68 Å². The van der Waals surface area contributed by atoms with Gasteiger partial charge in [0.15, 0.2) is 0 Å². The average molecular weight is 623 g/mol. The summed E-state index contributed by atoms with van der Waals surface area (Å²) in [7, 11) is 2.01. The number of aliphatic hydroxyl groups is 1. The summed E-state index contributed by atoms with van der Waals surface area (Å²) in [6, 6.07) is 12.0. The Morgan fingerprint density at radius 1 is 1.21 bits per heavy atom. The molecule has 1 unspecified atom stereocenters. The second-order valence-corrected chi connectivity index (χ2v) is 12.4. The highest BCUT2D eigenvalue weighted by Crippen LogP contribution is 2.50. The second kappa shape index (κ2) is 12.7. The summed E-state index contributed by atoms with van der Waals surface area (Å²) in [5.41, 5.74) is 6.26. The van der Waals surface area contributed by atoms with Gasteiger partial charge in [-0.2, -0.15) is 5.10 Å². The minimum atomic E-state index is -0.478. The van der Waals surface area contributed by atoms with E-state index in [1.807, 2.05) is 42.3 Å². The summed E-state index contributed by atoms with van der Waals surface area (Å²) in [4.78, 5) is 10.3. The number of likely N-dealkylation sites (N-methyl/N-ethyl adjacent to an activating group) is 1. The number of nitrogens with zero attached hydrogens (tertiary/aromatic N) is 5. The van der Waals surface area contributed by atoms with Gasteiger partial charge in [-0.25, -0.2) is 9.38 Å². The minimum Gasteiger partial charge on any atom is -0.487 e. The van der Waals surface area contributed by atoms with E-state index in [1.54, 1.807) is 17.4 Å². The van der Waals surface area contributed by atoms with Gasteiger partial charge in [0, 0.05) is 41.5 Å². The molecule has 4 aromatic rings. The molecule has 0 radical (unpaired) electrons. The molecular formula is C32H36ClFN6O2S. The van der Waals surface area contributed by atoms with Crippen LogP contribution in [0, 0.1) is 5.82 Å². The van der Waals surface area contributed by atoms with E-state index in [0.29, 0.717) is 23.9 Å². The third-order valence-electron chi connectivity index (χ3n) is 8.04. The smallest absolute Gasteiger partial charge is 0.138 e. The predicted octanol–water partition coefficient (Wildman–Crippen LogP) is 6.50. The fourth-order valence-corrected chi connectivity index (χ4v) is 7.26. The van der Waals surface area contributed by atoms with Crippen molar-refractivity contribution in [3.05, 3.63) is 81.9 Å². The first-order chi connectivity index (χ1) is 20.8. The fourth-order valence-electron chi connectivity index (χ4n) is 5.78. The van der Waals surface area contributed by atoms with Crippen LogP contribution < -0.4 is 10.1 Å². The Labute approximate surface area is 260 Å². The Kier molecular flexibility index (Phi) is 8.72. The number of rotatable bonds is 11. The molecule has 1 aliphatic heterocycles. The van der Waals surface area contributed by atoms with E-state index in [-0.39, 0.29) is 18.6 Å². The van der Waals surface area contributed by atoms with E-state index >= 15 is 0 Å². The molecule has 2 atom stereocenters. The molecule has 8 nitrogen and oxygen atoms in total. The maximum atomic E-state index is 13.5. The monoisotopic (exact) mass is 622 g/mol. The normalized spacial score (nSPS) is 16.2. The van der Waals surface area contributed by atoms with Crippen molar-refractivity contribution in [3.8, 4) is 16.2 Å². The van der Waals surface area contributed by atoms with Crippen molar-refractivity contribution in [1.82, 2.24) is 19.6 Å². The van der Waals surface area contributed by atoms with Crippen LogP contribution in [0.1, 0.15) is 42.4 Å². The standard InChI is InChI=1S/C32H36ClFN6O2S/c1-4-39(5-2)15-23(41)16-40-17-25-27(37-40)11-10-24-29-31(38(3)19-35-32(29)43-30(24)25)36-22-9-12-28(26(33)14-22)42-18-20-7-6-8-21(34)13-20/h6-9,12-14,17,19,23,31,36,41H,4-5,10-11,15-16,18H2,1-3H3/t23-,31?/m1/s1. The topological polar surface area (TPSA) is 78.1 Å². The molecule has 1 aliphatic carbocycles. The number of halogens is 2. The largest absolute Gasteiger partial charge is 0.487 e. The van der Waals surface area contributed by atoms with Gasteiger partial charge in [0.25, 0.3) is 0 Å². The third-order valence-corrected chi connectivity index (χ3v) is 9.53. The number of ether oxygens (including phenoxy) is 1. The summed E-state index contributed by atoms with van der Waals surface area (Å²) >= 11 is 8.30. The number of aliphatic imine (C=N–C) groups is 1. The third kappa shape index (κ3) is 6.28. The predicted molar refractivity (Wildman–Crippen MR) is 171 cm³/mol. The van der Waals surface area contributed by atoms with E-state index in [0.717, 1.165) is 53.4 Å². The van der Waals surface area contributed by atoms with Crippen molar-refractivity contribution >= 4 is 40.0 Å². The van der Waals surface area contributed by atoms with Crippen molar-refractivity contribution in [3.63, 3.8) is 0 Å². The highest BCUT2D eigenvalue weighted by Gasteiger charge is 2.33. The Morgan fingerprint density at radius 3 is 2.81 bits per heavy atom. The zero-order valence-corrected chi connectivity index (χ0v) is 26.1. The molecule has 226 valence electrons. The van der Waals surface area contributed by atoms with Crippen molar-refractivity contribution in [2.45, 2.75) is 52.1 Å². The maximum absolute atomic E-state index is 13.5. The van der Waals surface area contributed by atoms with E-state index in [1.165, 1.54) is 28.1 Å². The van der Waals surface area contributed by atoms with Crippen molar-refractivity contribution < 1.29 is 14.2 Å². The van der Waals surface area contributed by atoms with Gasteiger partial charge in [0.05, 0.1) is 29.7 Å². The molecule has 3 heterocycles. The van der Waals surface area contributed by atoms with E-state index in [2.05, 4.69) is 35.2 Å². The molecule has 6 rings (SSSR count). The van der Waals surface area contributed by atoms with Crippen LogP contribution in [0.2, 0.25) is 5.02 Å². The lowest BCUT2D eigenvalue weighted by molar-refractivity contribution is 0.0996. The van der Waals surface area contributed by atoms with Crippen LogP contribution in [0.15, 0.2) is 53.7 Å². The first-order valence-corrected chi connectivity index (χ1v) is 15.8. The molecule has 2 N–H and O–H groups in total. The van der Waals surface area contributed by atoms with Gasteiger partial charge < -0.3 is 25.0 Å². The van der Waals surface area contributed by atoms with E-state index < -0.39 is 6.10 Å². The van der Waals surface area contributed by atoms with Gasteiger partial charge in [0.1, 0.15) is 29.3 Å². The van der Waals surface area contributed by atoms with Crippen molar-refractivity contribution in [1.29, 1.82) is 0 Å². The number of aryl methyl sites for hydroxylation is 1. The number of aromatic nitrogens is 2. The molecule has 2 aromatic carbocycles. The average Bonchev–Trinajstić information content (AvgIpc) is 3.58. The highest BCUT2D eigenvalue weighted by atomic mass is 35.5. The quantitative estimate of drug-likeness (QED) is 0.199. The molecule has 0 bridgehead atoms. The first-order valence-electron chi connectivity index (χ1n) is 14.6.